The van der Waals surface area contributed by atoms with Crippen LogP contribution in [0.4, 0.5) is 0 Å². The van der Waals surface area contributed by atoms with E-state index < -0.39 is 0 Å². The van der Waals surface area contributed by atoms with Crippen molar-refractivity contribution in [3.63, 3.8) is 0 Å². The molecule has 100 valence electrons. The maximum Gasteiger partial charge on any atom is 0.134 e. The van der Waals surface area contributed by atoms with E-state index in [-0.39, 0.29) is 6.04 Å². The largest absolute Gasteiger partial charge is 0.496 e. The van der Waals surface area contributed by atoms with Crippen LogP contribution in [0.2, 0.25) is 0 Å². The van der Waals surface area contributed by atoms with Gasteiger partial charge in [-0.25, -0.2) is 0 Å². The molecule has 3 nitrogen and oxygen atoms in total. The van der Waals surface area contributed by atoms with Gasteiger partial charge in [-0.1, -0.05) is 12.1 Å². The standard InChI is InChI=1S/C15H17NO2S/c1-17-13-8-9-19-15(13)14(16)10-2-4-11(5-3-10)18-12-6-7-12/h2-5,8-9,12,14H,6-7,16H2,1H3. The number of thiophene rings is 1. The number of nitrogens with two attached hydrogens (primary N) is 1. The fraction of sp³-hybridized carbons (Fsp3) is 0.333. The second kappa shape index (κ2) is 5.23. The number of ether oxygens (including phenoxy) is 2. The molecule has 4 heteroatoms. The monoisotopic (exact) mass is 275 g/mol. The predicted octanol–water partition coefficient (Wildman–Crippen LogP) is 3.35. The lowest BCUT2D eigenvalue weighted by Crippen LogP contribution is -2.11. The van der Waals surface area contributed by atoms with Gasteiger partial charge in [-0.15, -0.1) is 11.3 Å². The minimum atomic E-state index is -0.148. The lowest BCUT2D eigenvalue weighted by molar-refractivity contribution is 0.303. The van der Waals surface area contributed by atoms with Crippen LogP contribution in [0, 0.1) is 0 Å². The van der Waals surface area contributed by atoms with Gasteiger partial charge in [-0.3, -0.25) is 0 Å². The van der Waals surface area contributed by atoms with Crippen LogP contribution in [0.1, 0.15) is 29.3 Å². The van der Waals surface area contributed by atoms with Crippen LogP contribution >= 0.6 is 11.3 Å². The van der Waals surface area contributed by atoms with Gasteiger partial charge in [0.2, 0.25) is 0 Å². The first kappa shape index (κ1) is 12.5. The maximum absolute atomic E-state index is 6.29. The Morgan fingerprint density at radius 1 is 1.21 bits per heavy atom. The van der Waals surface area contributed by atoms with Crippen LogP contribution in [-0.2, 0) is 0 Å². The molecule has 0 saturated heterocycles. The molecule has 2 N–H and O–H groups in total. The third-order valence-corrected chi connectivity index (χ3v) is 4.21. The molecular weight excluding hydrogens is 258 g/mol. The van der Waals surface area contributed by atoms with Crippen molar-refractivity contribution >= 4 is 11.3 Å². The van der Waals surface area contributed by atoms with E-state index in [1.54, 1.807) is 18.4 Å². The SMILES string of the molecule is COc1ccsc1C(N)c1ccc(OC2CC2)cc1. The van der Waals surface area contributed by atoms with Crippen molar-refractivity contribution in [3.05, 3.63) is 46.2 Å². The Balaban J connectivity index is 1.77. The highest BCUT2D eigenvalue weighted by Crippen LogP contribution is 2.34. The van der Waals surface area contributed by atoms with Crippen LogP contribution in [-0.4, -0.2) is 13.2 Å². The van der Waals surface area contributed by atoms with Crippen molar-refractivity contribution in [3.8, 4) is 11.5 Å². The number of benzene rings is 1. The summed E-state index contributed by atoms with van der Waals surface area (Å²) in [5.41, 5.74) is 7.36. The highest BCUT2D eigenvalue weighted by Gasteiger charge is 2.23. The first-order valence-corrected chi connectivity index (χ1v) is 7.29. The van der Waals surface area contributed by atoms with E-state index >= 15 is 0 Å². The van der Waals surface area contributed by atoms with Crippen LogP contribution < -0.4 is 15.2 Å². The molecule has 1 aliphatic carbocycles. The zero-order chi connectivity index (χ0) is 13.2. The van der Waals surface area contributed by atoms with Gasteiger partial charge in [-0.05, 0) is 42.0 Å². The quantitative estimate of drug-likeness (QED) is 0.910. The average molecular weight is 275 g/mol. The van der Waals surface area contributed by atoms with Crippen LogP contribution in [0.15, 0.2) is 35.7 Å². The molecule has 3 rings (SSSR count). The molecule has 0 amide bonds. The predicted molar refractivity (Wildman–Crippen MR) is 77.0 cm³/mol. The van der Waals surface area contributed by atoms with Crippen molar-refractivity contribution in [2.75, 3.05) is 7.11 Å². The van der Waals surface area contributed by atoms with E-state index in [9.17, 15) is 0 Å². The summed E-state index contributed by atoms with van der Waals surface area (Å²) in [7, 11) is 1.67. The number of hydrogen-bond acceptors (Lipinski definition) is 4. The van der Waals surface area contributed by atoms with Crippen LogP contribution in [0.3, 0.4) is 0 Å². The highest BCUT2D eigenvalue weighted by atomic mass is 32.1. The summed E-state index contributed by atoms with van der Waals surface area (Å²) in [6.07, 6.45) is 2.78. The van der Waals surface area contributed by atoms with Gasteiger partial charge in [0.05, 0.1) is 24.1 Å². The lowest BCUT2D eigenvalue weighted by Gasteiger charge is -2.13. The third-order valence-electron chi connectivity index (χ3n) is 3.23. The average Bonchev–Trinajstić information content (AvgIpc) is 3.12. The van der Waals surface area contributed by atoms with Crippen molar-refractivity contribution in [1.29, 1.82) is 0 Å². The molecular formula is C15H17NO2S. The zero-order valence-electron chi connectivity index (χ0n) is 10.8. The first-order chi connectivity index (χ1) is 9.28. The molecule has 1 aliphatic rings. The van der Waals surface area contributed by atoms with Gasteiger partial charge < -0.3 is 15.2 Å². The van der Waals surface area contributed by atoms with Crippen molar-refractivity contribution in [2.45, 2.75) is 25.0 Å². The van der Waals surface area contributed by atoms with Crippen molar-refractivity contribution in [2.24, 2.45) is 5.73 Å². The van der Waals surface area contributed by atoms with Gasteiger partial charge in [0.1, 0.15) is 11.5 Å². The molecule has 0 aliphatic heterocycles. The zero-order valence-corrected chi connectivity index (χ0v) is 11.7. The van der Waals surface area contributed by atoms with Gasteiger partial charge in [0, 0.05) is 0 Å². The van der Waals surface area contributed by atoms with Gasteiger partial charge >= 0.3 is 0 Å². The summed E-state index contributed by atoms with van der Waals surface area (Å²) in [4.78, 5) is 1.05. The van der Waals surface area contributed by atoms with Gasteiger partial charge in [0.15, 0.2) is 0 Å². The van der Waals surface area contributed by atoms with Crippen LogP contribution in [0.5, 0.6) is 11.5 Å². The van der Waals surface area contributed by atoms with Crippen molar-refractivity contribution < 1.29 is 9.47 Å². The number of hydrogen-bond donors (Lipinski definition) is 1. The van der Waals surface area contributed by atoms with E-state index in [2.05, 4.69) is 0 Å². The lowest BCUT2D eigenvalue weighted by atomic mass is 10.1. The molecule has 1 unspecified atom stereocenters. The third kappa shape index (κ3) is 2.74. The molecule has 1 fully saturated rings. The Hall–Kier alpha value is -1.52. The summed E-state index contributed by atoms with van der Waals surface area (Å²) in [6, 6.07) is 9.85. The minimum absolute atomic E-state index is 0.148. The molecule has 19 heavy (non-hydrogen) atoms. The Morgan fingerprint density at radius 3 is 2.58 bits per heavy atom. The smallest absolute Gasteiger partial charge is 0.134 e. The number of methoxy groups -OCH3 is 1. The topological polar surface area (TPSA) is 44.5 Å². The summed E-state index contributed by atoms with van der Waals surface area (Å²) < 4.78 is 11.1. The van der Waals surface area contributed by atoms with E-state index in [4.69, 9.17) is 15.2 Å². The molecule has 1 saturated carbocycles. The molecule has 1 aromatic heterocycles. The Kier molecular flexibility index (Phi) is 3.44. The fourth-order valence-electron chi connectivity index (χ4n) is 1.99. The Bertz CT molecular complexity index is 546. The second-order valence-electron chi connectivity index (χ2n) is 4.72. The summed E-state index contributed by atoms with van der Waals surface area (Å²) in [5.74, 6) is 1.78. The Labute approximate surface area is 117 Å². The van der Waals surface area contributed by atoms with E-state index in [0.717, 1.165) is 21.9 Å². The molecule has 1 aromatic carbocycles. The van der Waals surface area contributed by atoms with E-state index in [1.807, 2.05) is 35.7 Å². The summed E-state index contributed by atoms with van der Waals surface area (Å²) >= 11 is 1.62. The number of rotatable bonds is 5. The Morgan fingerprint density at radius 2 is 1.95 bits per heavy atom. The molecule has 1 atom stereocenters. The highest BCUT2D eigenvalue weighted by molar-refractivity contribution is 7.10. The minimum Gasteiger partial charge on any atom is -0.496 e. The van der Waals surface area contributed by atoms with E-state index in [0.29, 0.717) is 6.10 Å². The maximum atomic E-state index is 6.29. The normalized spacial score (nSPS) is 16.1. The van der Waals surface area contributed by atoms with Gasteiger partial charge in [-0.2, -0.15) is 0 Å². The molecule has 2 aromatic rings. The van der Waals surface area contributed by atoms with Crippen LogP contribution in [0.25, 0.3) is 0 Å². The summed E-state index contributed by atoms with van der Waals surface area (Å²) in [5, 5.41) is 2.00. The fourth-order valence-corrected chi connectivity index (χ4v) is 2.88. The molecule has 0 radical (unpaired) electrons. The molecule has 1 heterocycles. The summed E-state index contributed by atoms with van der Waals surface area (Å²) in [6.45, 7) is 0. The second-order valence-corrected chi connectivity index (χ2v) is 5.66. The van der Waals surface area contributed by atoms with Gasteiger partial charge in [0.25, 0.3) is 0 Å². The van der Waals surface area contributed by atoms with E-state index in [1.165, 1.54) is 12.8 Å². The molecule has 0 spiro atoms. The molecule has 0 bridgehead atoms. The van der Waals surface area contributed by atoms with Crippen molar-refractivity contribution in [1.82, 2.24) is 0 Å². The first-order valence-electron chi connectivity index (χ1n) is 6.41.